The summed E-state index contributed by atoms with van der Waals surface area (Å²) in [5.74, 6) is 0.650. The lowest BCUT2D eigenvalue weighted by molar-refractivity contribution is 0.0939. The minimum Gasteiger partial charge on any atom is -0.361 e. The van der Waals surface area contributed by atoms with E-state index < -0.39 is 0 Å². The maximum absolute atomic E-state index is 12.1. The first-order valence-electron chi connectivity index (χ1n) is 5.98. The number of nitrogens with one attached hydrogen (secondary N) is 1. The highest BCUT2D eigenvalue weighted by molar-refractivity contribution is 14.1. The molecule has 5 heteroatoms. The molecule has 1 unspecified atom stereocenters. The van der Waals surface area contributed by atoms with Crippen LogP contribution >= 0.6 is 22.6 Å². The van der Waals surface area contributed by atoms with Crippen LogP contribution < -0.4 is 5.32 Å². The van der Waals surface area contributed by atoms with E-state index in [2.05, 4.69) is 33.1 Å². The van der Waals surface area contributed by atoms with E-state index in [4.69, 9.17) is 4.52 Å². The fraction of sp³-hybridized carbons (Fsp3) is 0.286. The molecule has 0 saturated carbocycles. The minimum absolute atomic E-state index is 0.0936. The van der Waals surface area contributed by atoms with Crippen LogP contribution in [0.2, 0.25) is 0 Å². The molecule has 1 aromatic carbocycles. The Hall–Kier alpha value is -1.37. The van der Waals surface area contributed by atoms with E-state index in [1.807, 2.05) is 45.0 Å². The van der Waals surface area contributed by atoms with Crippen molar-refractivity contribution in [3.05, 3.63) is 50.4 Å². The van der Waals surface area contributed by atoms with Gasteiger partial charge in [0, 0.05) is 14.7 Å². The molecule has 100 valence electrons. The number of amides is 1. The van der Waals surface area contributed by atoms with Crippen molar-refractivity contribution < 1.29 is 9.32 Å². The number of halogens is 1. The quantitative estimate of drug-likeness (QED) is 0.843. The summed E-state index contributed by atoms with van der Waals surface area (Å²) in [6.45, 7) is 5.65. The third kappa shape index (κ3) is 3.15. The highest BCUT2D eigenvalue weighted by atomic mass is 127. The number of nitrogens with zero attached hydrogens (tertiary/aromatic N) is 1. The molecule has 1 amide bonds. The maximum atomic E-state index is 12.1. The van der Waals surface area contributed by atoms with Gasteiger partial charge in [0.25, 0.3) is 5.91 Å². The summed E-state index contributed by atoms with van der Waals surface area (Å²) in [4.78, 5) is 12.1. The molecule has 0 saturated heterocycles. The third-order valence-electron chi connectivity index (χ3n) is 2.98. The molecule has 0 fully saturated rings. The average molecular weight is 370 g/mol. The number of carbonyl (C=O) groups is 1. The lowest BCUT2D eigenvalue weighted by Crippen LogP contribution is -2.27. The molecule has 4 nitrogen and oxygen atoms in total. The summed E-state index contributed by atoms with van der Waals surface area (Å²) in [7, 11) is 0. The van der Waals surface area contributed by atoms with E-state index in [-0.39, 0.29) is 11.9 Å². The van der Waals surface area contributed by atoms with Gasteiger partial charge in [-0.15, -0.1) is 0 Å². The van der Waals surface area contributed by atoms with Gasteiger partial charge in [0.2, 0.25) is 0 Å². The van der Waals surface area contributed by atoms with Crippen molar-refractivity contribution in [2.24, 2.45) is 0 Å². The lowest BCUT2D eigenvalue weighted by Gasteiger charge is -2.13. The number of aromatic nitrogens is 1. The third-order valence-corrected chi connectivity index (χ3v) is 3.69. The zero-order valence-electron chi connectivity index (χ0n) is 11.0. The van der Waals surface area contributed by atoms with E-state index >= 15 is 0 Å². The standard InChI is InChI=1S/C14H15IN2O2/c1-8(13-9(2)17-19-10(13)3)16-14(18)11-4-6-12(15)7-5-11/h4-8H,1-3H3,(H,16,18). The molecule has 1 heterocycles. The predicted octanol–water partition coefficient (Wildman–Crippen LogP) is 3.39. The van der Waals surface area contributed by atoms with Crippen LogP contribution in [-0.4, -0.2) is 11.1 Å². The number of benzene rings is 1. The molecule has 2 aromatic rings. The highest BCUT2D eigenvalue weighted by Gasteiger charge is 2.18. The van der Waals surface area contributed by atoms with Crippen LogP contribution in [0.5, 0.6) is 0 Å². The maximum Gasteiger partial charge on any atom is 0.251 e. The Kier molecular flexibility index (Phi) is 4.24. The molecule has 1 atom stereocenters. The van der Waals surface area contributed by atoms with Crippen molar-refractivity contribution in [2.75, 3.05) is 0 Å². The molecule has 2 rings (SSSR count). The monoisotopic (exact) mass is 370 g/mol. The molecule has 0 radical (unpaired) electrons. The van der Waals surface area contributed by atoms with Gasteiger partial charge < -0.3 is 9.84 Å². The SMILES string of the molecule is Cc1noc(C)c1C(C)NC(=O)c1ccc(I)cc1. The van der Waals surface area contributed by atoms with Crippen molar-refractivity contribution in [1.29, 1.82) is 0 Å². The Morgan fingerprint density at radius 1 is 1.32 bits per heavy atom. The number of aryl methyl sites for hydroxylation is 2. The molecule has 0 aliphatic rings. The zero-order chi connectivity index (χ0) is 14.0. The van der Waals surface area contributed by atoms with E-state index in [9.17, 15) is 4.79 Å². The molecule has 1 N–H and O–H groups in total. The molecular formula is C14H15IN2O2. The summed E-state index contributed by atoms with van der Waals surface area (Å²) in [6.07, 6.45) is 0. The van der Waals surface area contributed by atoms with E-state index in [0.717, 1.165) is 20.6 Å². The van der Waals surface area contributed by atoms with Crippen LogP contribution in [0.1, 0.15) is 40.3 Å². The van der Waals surface area contributed by atoms with Gasteiger partial charge in [-0.2, -0.15) is 0 Å². The Bertz CT molecular complexity index is 570. The first-order valence-corrected chi connectivity index (χ1v) is 7.06. The Balaban J connectivity index is 2.13. The summed E-state index contributed by atoms with van der Waals surface area (Å²) >= 11 is 2.21. The Morgan fingerprint density at radius 2 is 1.95 bits per heavy atom. The molecule has 0 aliphatic heterocycles. The molecular weight excluding hydrogens is 355 g/mol. The van der Waals surface area contributed by atoms with Gasteiger partial charge in [-0.1, -0.05) is 5.16 Å². The largest absolute Gasteiger partial charge is 0.361 e. The van der Waals surface area contributed by atoms with E-state index in [0.29, 0.717) is 5.56 Å². The van der Waals surface area contributed by atoms with Crippen molar-refractivity contribution >= 4 is 28.5 Å². The smallest absolute Gasteiger partial charge is 0.251 e. The van der Waals surface area contributed by atoms with Crippen LogP contribution in [0.25, 0.3) is 0 Å². The van der Waals surface area contributed by atoms with Gasteiger partial charge in [0.05, 0.1) is 11.7 Å². The molecule has 1 aromatic heterocycles. The molecule has 0 spiro atoms. The van der Waals surface area contributed by atoms with Crippen molar-refractivity contribution in [3.63, 3.8) is 0 Å². The second-order valence-electron chi connectivity index (χ2n) is 4.44. The molecule has 19 heavy (non-hydrogen) atoms. The molecule has 0 aliphatic carbocycles. The topological polar surface area (TPSA) is 55.1 Å². The van der Waals surface area contributed by atoms with Gasteiger partial charge in [0.15, 0.2) is 0 Å². The average Bonchev–Trinajstić information content (AvgIpc) is 2.69. The van der Waals surface area contributed by atoms with Crippen LogP contribution in [0.15, 0.2) is 28.8 Å². The number of carbonyl (C=O) groups excluding carboxylic acids is 1. The van der Waals surface area contributed by atoms with Crippen molar-refractivity contribution in [3.8, 4) is 0 Å². The first kappa shape index (κ1) is 14.0. The van der Waals surface area contributed by atoms with E-state index in [1.54, 1.807) is 0 Å². The van der Waals surface area contributed by atoms with Crippen molar-refractivity contribution in [1.82, 2.24) is 10.5 Å². The predicted molar refractivity (Wildman–Crippen MR) is 81.0 cm³/mol. The second-order valence-corrected chi connectivity index (χ2v) is 5.69. The highest BCUT2D eigenvalue weighted by Crippen LogP contribution is 2.21. The Morgan fingerprint density at radius 3 is 2.47 bits per heavy atom. The van der Waals surface area contributed by atoms with Gasteiger partial charge in [0.1, 0.15) is 5.76 Å². The van der Waals surface area contributed by atoms with Gasteiger partial charge in [-0.05, 0) is 67.6 Å². The van der Waals surface area contributed by atoms with Crippen LogP contribution in [0, 0.1) is 17.4 Å². The number of rotatable bonds is 3. The lowest BCUT2D eigenvalue weighted by atomic mass is 10.1. The van der Waals surface area contributed by atoms with Crippen LogP contribution in [0.3, 0.4) is 0 Å². The van der Waals surface area contributed by atoms with Crippen LogP contribution in [0.4, 0.5) is 0 Å². The van der Waals surface area contributed by atoms with Crippen LogP contribution in [-0.2, 0) is 0 Å². The first-order chi connectivity index (χ1) is 8.99. The normalized spacial score (nSPS) is 12.2. The summed E-state index contributed by atoms with van der Waals surface area (Å²) in [5.41, 5.74) is 2.41. The van der Waals surface area contributed by atoms with Gasteiger partial charge in [-0.3, -0.25) is 4.79 Å². The number of hydrogen-bond acceptors (Lipinski definition) is 3. The van der Waals surface area contributed by atoms with E-state index in [1.165, 1.54) is 0 Å². The van der Waals surface area contributed by atoms with Gasteiger partial charge >= 0.3 is 0 Å². The zero-order valence-corrected chi connectivity index (χ0v) is 13.2. The minimum atomic E-state index is -0.127. The fourth-order valence-electron chi connectivity index (χ4n) is 2.06. The summed E-state index contributed by atoms with van der Waals surface area (Å²) in [5, 5.41) is 6.86. The van der Waals surface area contributed by atoms with Gasteiger partial charge in [-0.25, -0.2) is 0 Å². The fourth-order valence-corrected chi connectivity index (χ4v) is 2.42. The number of hydrogen-bond donors (Lipinski definition) is 1. The van der Waals surface area contributed by atoms with Crippen molar-refractivity contribution in [2.45, 2.75) is 26.8 Å². The Labute approximate surface area is 125 Å². The summed E-state index contributed by atoms with van der Waals surface area (Å²) in [6, 6.07) is 7.33. The molecule has 0 bridgehead atoms. The second kappa shape index (κ2) is 5.73. The summed E-state index contributed by atoms with van der Waals surface area (Å²) < 4.78 is 6.22.